The Morgan fingerprint density at radius 1 is 0.364 bits per heavy atom. The van der Waals surface area contributed by atoms with E-state index in [-0.39, 0.29) is 0 Å². The van der Waals surface area contributed by atoms with Crippen LogP contribution in [0.4, 0.5) is 0 Å². The number of hydrogen-bond acceptors (Lipinski definition) is 8. The molecule has 0 saturated heterocycles. The van der Waals surface area contributed by atoms with Gasteiger partial charge in [-0.05, 0) is 60.7 Å². The minimum atomic E-state index is 0.746. The summed E-state index contributed by atoms with van der Waals surface area (Å²) in [6.07, 6.45) is 0. The number of thiol groups is 4. The molecule has 12 rings (SSSR count). The minimum Gasteiger partial charge on any atom is -0.227 e. The lowest BCUT2D eigenvalue weighted by Gasteiger charge is -2.06. The summed E-state index contributed by atoms with van der Waals surface area (Å²) in [6, 6.07) is 24.7. The van der Waals surface area contributed by atoms with E-state index in [1.165, 1.54) is 0 Å². The molecule has 10 aromatic rings. The van der Waals surface area contributed by atoms with Crippen LogP contribution in [0.15, 0.2) is 92.4 Å². The van der Waals surface area contributed by atoms with Gasteiger partial charge in [0.15, 0.2) is 22.6 Å². The molecule has 0 fully saturated rings. The van der Waals surface area contributed by atoms with Crippen LogP contribution in [0.25, 0.3) is 99.9 Å². The smallest absolute Gasteiger partial charge is 0.163 e. The fourth-order valence-corrected chi connectivity index (χ4v) is 8.10. The SMILES string of the molecule is Sc1ccc2c(c1)-c1nc3c4cc(S)ccc4c4nc5c6c(nc7c8cc(S)ccc8c(nc-2c16)n7n43)-c1cc(S)ccc1-5. The van der Waals surface area contributed by atoms with Gasteiger partial charge in [-0.1, -0.05) is 12.1 Å². The van der Waals surface area contributed by atoms with Crippen molar-refractivity contribution >= 4 is 105 Å². The minimum absolute atomic E-state index is 0.746. The van der Waals surface area contributed by atoms with Crippen LogP contribution in [-0.4, -0.2) is 29.0 Å². The second-order valence-corrected chi connectivity index (χ2v) is 13.5. The van der Waals surface area contributed by atoms with E-state index in [0.717, 1.165) is 120 Å². The Kier molecular flexibility index (Phi) is 4.33. The molecule has 12 bridgehead atoms. The number of hydrogen-bond donors (Lipinski definition) is 4. The van der Waals surface area contributed by atoms with Crippen molar-refractivity contribution < 1.29 is 0 Å². The summed E-state index contributed by atoms with van der Waals surface area (Å²) in [7, 11) is 0. The van der Waals surface area contributed by atoms with Crippen molar-refractivity contribution in [3.63, 3.8) is 0 Å². The van der Waals surface area contributed by atoms with Crippen molar-refractivity contribution in [2.24, 2.45) is 0 Å². The third-order valence-corrected chi connectivity index (χ3v) is 10.2. The van der Waals surface area contributed by atoms with Gasteiger partial charge < -0.3 is 0 Å². The maximum Gasteiger partial charge on any atom is 0.163 e. The van der Waals surface area contributed by atoms with E-state index < -0.39 is 0 Å². The third-order valence-electron chi connectivity index (χ3n) is 9.07. The van der Waals surface area contributed by atoms with Gasteiger partial charge in [-0.25, -0.2) is 29.0 Å². The molecule has 0 radical (unpaired) electrons. The maximum absolute atomic E-state index is 5.57. The van der Waals surface area contributed by atoms with Gasteiger partial charge in [0.25, 0.3) is 0 Å². The van der Waals surface area contributed by atoms with E-state index in [2.05, 4.69) is 57.6 Å². The Balaban J connectivity index is 1.63. The first-order valence-corrected chi connectivity index (χ1v) is 15.8. The fourth-order valence-electron chi connectivity index (χ4n) is 7.28. The zero-order valence-electron chi connectivity index (χ0n) is 22.4. The largest absolute Gasteiger partial charge is 0.227 e. The Morgan fingerprint density at radius 3 is 1.14 bits per heavy atom. The molecule has 206 valence electrons. The zero-order valence-corrected chi connectivity index (χ0v) is 26.0. The molecule has 0 atom stereocenters. The van der Waals surface area contributed by atoms with Crippen LogP contribution in [-0.2, 0) is 0 Å². The lowest BCUT2D eigenvalue weighted by Crippen LogP contribution is -2.02. The van der Waals surface area contributed by atoms with Crippen LogP contribution in [0.2, 0.25) is 0 Å². The topological polar surface area (TPSA) is 60.4 Å². The van der Waals surface area contributed by atoms with Crippen LogP contribution in [0.5, 0.6) is 0 Å². The Labute approximate surface area is 270 Å². The highest BCUT2D eigenvalue weighted by Crippen LogP contribution is 2.53. The first-order chi connectivity index (χ1) is 21.4. The van der Waals surface area contributed by atoms with Crippen molar-refractivity contribution in [1.82, 2.24) is 29.0 Å². The van der Waals surface area contributed by atoms with E-state index in [1.54, 1.807) is 0 Å². The van der Waals surface area contributed by atoms with Crippen LogP contribution in [0.1, 0.15) is 0 Å². The summed E-state index contributed by atoms with van der Waals surface area (Å²) in [4.78, 5) is 25.7. The quantitative estimate of drug-likeness (QED) is 0.126. The number of benzene rings is 4. The second-order valence-electron chi connectivity index (χ2n) is 11.4. The molecule has 0 aliphatic heterocycles. The van der Waals surface area contributed by atoms with E-state index >= 15 is 0 Å². The molecule has 0 amide bonds. The van der Waals surface area contributed by atoms with E-state index in [1.807, 2.05) is 24.3 Å². The highest BCUT2D eigenvalue weighted by Gasteiger charge is 2.33. The highest BCUT2D eigenvalue weighted by atomic mass is 32.1. The lowest BCUT2D eigenvalue weighted by molar-refractivity contribution is 0.885. The molecule has 2 aliphatic carbocycles. The van der Waals surface area contributed by atoms with Crippen LogP contribution in [0.3, 0.4) is 0 Å². The predicted octanol–water partition coefficient (Wildman–Crippen LogP) is 8.83. The molecule has 2 aliphatic rings. The summed E-state index contributed by atoms with van der Waals surface area (Å²) in [5, 5.41) is 5.68. The first kappa shape index (κ1) is 24.1. The van der Waals surface area contributed by atoms with Crippen LogP contribution < -0.4 is 0 Å². The fraction of sp³-hybridized carbons (Fsp3) is 0. The molecule has 6 nitrogen and oxygen atoms in total. The molecule has 6 heterocycles. The molecular weight excluding hydrogens is 621 g/mol. The van der Waals surface area contributed by atoms with Gasteiger partial charge in [0, 0.05) is 74.2 Å². The average Bonchev–Trinajstić information content (AvgIpc) is 3.69. The Bertz CT molecular complexity index is 2690. The number of aromatic nitrogens is 6. The van der Waals surface area contributed by atoms with Crippen LogP contribution in [0, 0.1) is 0 Å². The molecule has 10 heteroatoms. The van der Waals surface area contributed by atoms with Crippen molar-refractivity contribution in [3.8, 4) is 45.0 Å². The average molecular weight is 637 g/mol. The first-order valence-electron chi connectivity index (χ1n) is 14.0. The van der Waals surface area contributed by atoms with E-state index in [4.69, 9.17) is 70.5 Å². The van der Waals surface area contributed by atoms with Crippen molar-refractivity contribution in [3.05, 3.63) is 72.8 Å². The summed E-state index contributed by atoms with van der Waals surface area (Å²) < 4.78 is 4.18. The normalized spacial score (nSPS) is 13.0. The standard InChI is InChI=1S/C34H16N6S4/c41-13-1-5-17-21(9-13)29-25-26-28-18-6-2-14(42)10-22(18)30(26)38-34-23-11-15(43)3-7-19(23)31(35-27(17)25)39(34)40-32(36-28)20-8-4-16(44)12-24(20)33(40)37-29/h1-12,41-44H. The van der Waals surface area contributed by atoms with Crippen molar-refractivity contribution in [1.29, 1.82) is 0 Å². The van der Waals surface area contributed by atoms with Gasteiger partial charge in [-0.15, -0.1) is 50.5 Å². The Morgan fingerprint density at radius 2 is 0.705 bits per heavy atom. The summed E-state index contributed by atoms with van der Waals surface area (Å²) in [5.74, 6) is 0. The van der Waals surface area contributed by atoms with Gasteiger partial charge >= 0.3 is 0 Å². The van der Waals surface area contributed by atoms with Gasteiger partial charge in [0.1, 0.15) is 0 Å². The number of fused-ring (bicyclic) bond motifs is 4. The second kappa shape index (κ2) is 7.89. The predicted molar refractivity (Wildman–Crippen MR) is 187 cm³/mol. The highest BCUT2D eigenvalue weighted by molar-refractivity contribution is 7.80. The molecule has 6 aromatic heterocycles. The molecule has 0 spiro atoms. The summed E-state index contributed by atoms with van der Waals surface area (Å²) in [6.45, 7) is 0. The van der Waals surface area contributed by atoms with Crippen LogP contribution >= 0.6 is 50.5 Å². The van der Waals surface area contributed by atoms with Gasteiger partial charge in [0.05, 0.1) is 22.8 Å². The molecule has 0 saturated carbocycles. The molecule has 4 aromatic carbocycles. The van der Waals surface area contributed by atoms with Gasteiger partial charge in [0.2, 0.25) is 0 Å². The lowest BCUT2D eigenvalue weighted by atomic mass is 10.1. The third kappa shape index (κ3) is 2.77. The summed E-state index contributed by atoms with van der Waals surface area (Å²) in [5.41, 5.74) is 10.3. The van der Waals surface area contributed by atoms with Crippen molar-refractivity contribution in [2.45, 2.75) is 19.6 Å². The summed E-state index contributed by atoms with van der Waals surface area (Å²) >= 11 is 19.0. The van der Waals surface area contributed by atoms with Gasteiger partial charge in [-0.3, -0.25) is 0 Å². The van der Waals surface area contributed by atoms with E-state index in [0.29, 0.717) is 0 Å². The van der Waals surface area contributed by atoms with E-state index in [9.17, 15) is 0 Å². The Hall–Kier alpha value is -4.22. The molecule has 0 unspecified atom stereocenters. The maximum atomic E-state index is 5.57. The molecule has 0 N–H and O–H groups in total. The molecule has 44 heavy (non-hydrogen) atoms. The zero-order chi connectivity index (χ0) is 29.2. The molecular formula is C34H16N6S4. The number of nitrogens with zero attached hydrogens (tertiary/aromatic N) is 6. The number of rotatable bonds is 0. The monoisotopic (exact) mass is 636 g/mol. The van der Waals surface area contributed by atoms with Gasteiger partial charge in [-0.2, -0.15) is 0 Å². The van der Waals surface area contributed by atoms with Crippen molar-refractivity contribution in [2.75, 3.05) is 0 Å².